The van der Waals surface area contributed by atoms with Gasteiger partial charge in [-0.3, -0.25) is 9.78 Å². The minimum atomic E-state index is -0.337. The summed E-state index contributed by atoms with van der Waals surface area (Å²) in [6.45, 7) is 2.00. The predicted octanol–water partition coefficient (Wildman–Crippen LogP) is 2.88. The first-order valence-corrected chi connectivity index (χ1v) is 8.95. The van der Waals surface area contributed by atoms with Gasteiger partial charge < -0.3 is 15.2 Å². The van der Waals surface area contributed by atoms with E-state index in [0.717, 1.165) is 24.5 Å². The number of para-hydroxylation sites is 2. The van der Waals surface area contributed by atoms with E-state index >= 15 is 0 Å². The number of nitrogens with zero attached hydrogens (tertiary/aromatic N) is 2. The summed E-state index contributed by atoms with van der Waals surface area (Å²) in [6.07, 6.45) is 4.84. The number of carbonyl (C=O) groups is 1. The van der Waals surface area contributed by atoms with Crippen molar-refractivity contribution in [3.8, 4) is 0 Å². The lowest BCUT2D eigenvalue weighted by molar-refractivity contribution is 0.102. The van der Waals surface area contributed by atoms with Crippen LogP contribution in [0.2, 0.25) is 0 Å². The van der Waals surface area contributed by atoms with E-state index in [4.69, 9.17) is 0 Å². The summed E-state index contributed by atoms with van der Waals surface area (Å²) < 4.78 is 0. The topological polar surface area (TPSA) is 93.9 Å². The number of rotatable bonds is 3. The molecular formula is C19H21N5O2. The first-order valence-electron chi connectivity index (χ1n) is 8.95. The standard InChI is InChI=1S/C19H21N5O2/c25-18(15-10-9-14-17(20-15)23-19(26)22-14)21-13-7-3-4-8-16(13)24-11-5-1-2-6-12-24/h3-4,7-10H,1-2,5-6,11-12H2,(H,21,25)(H2,20,22,23,26). The molecule has 7 heteroatoms. The SMILES string of the molecule is O=C(Nc1ccccc1N1CCCCCC1)c1ccc2[nH]c(=O)[nH]c2n1. The second-order valence-corrected chi connectivity index (χ2v) is 6.54. The Kier molecular flexibility index (Phi) is 4.43. The highest BCUT2D eigenvalue weighted by Crippen LogP contribution is 2.28. The van der Waals surface area contributed by atoms with Crippen LogP contribution in [-0.4, -0.2) is 33.9 Å². The molecule has 1 saturated heterocycles. The highest BCUT2D eigenvalue weighted by Gasteiger charge is 2.16. The van der Waals surface area contributed by atoms with Crippen molar-refractivity contribution >= 4 is 28.4 Å². The molecule has 134 valence electrons. The number of benzene rings is 1. The average Bonchev–Trinajstić information content (AvgIpc) is 2.83. The summed E-state index contributed by atoms with van der Waals surface area (Å²) >= 11 is 0. The first kappa shape index (κ1) is 16.4. The quantitative estimate of drug-likeness (QED) is 0.676. The lowest BCUT2D eigenvalue weighted by Crippen LogP contribution is -2.25. The number of amides is 1. The molecule has 0 unspecified atom stereocenters. The van der Waals surface area contributed by atoms with E-state index in [1.165, 1.54) is 25.7 Å². The van der Waals surface area contributed by atoms with Crippen LogP contribution >= 0.6 is 0 Å². The molecule has 1 amide bonds. The van der Waals surface area contributed by atoms with Crippen LogP contribution in [-0.2, 0) is 0 Å². The highest BCUT2D eigenvalue weighted by molar-refractivity contribution is 6.05. The Balaban J connectivity index is 1.59. The number of fused-ring (bicyclic) bond motifs is 1. The van der Waals surface area contributed by atoms with Crippen LogP contribution in [0.3, 0.4) is 0 Å². The van der Waals surface area contributed by atoms with E-state index in [2.05, 4.69) is 25.2 Å². The van der Waals surface area contributed by atoms with Crippen LogP contribution in [0.25, 0.3) is 11.2 Å². The highest BCUT2D eigenvalue weighted by atomic mass is 16.2. The fraction of sp³-hybridized carbons (Fsp3) is 0.316. The van der Waals surface area contributed by atoms with Gasteiger partial charge in [-0.25, -0.2) is 9.78 Å². The molecule has 0 aliphatic carbocycles. The molecule has 7 nitrogen and oxygen atoms in total. The Morgan fingerprint density at radius 1 is 1.00 bits per heavy atom. The fourth-order valence-corrected chi connectivity index (χ4v) is 3.40. The van der Waals surface area contributed by atoms with Crippen LogP contribution in [0.15, 0.2) is 41.2 Å². The van der Waals surface area contributed by atoms with E-state index in [0.29, 0.717) is 11.2 Å². The molecule has 1 aliphatic heterocycles. The van der Waals surface area contributed by atoms with Crippen molar-refractivity contribution in [2.75, 3.05) is 23.3 Å². The van der Waals surface area contributed by atoms with Gasteiger partial charge in [-0.05, 0) is 37.1 Å². The smallest absolute Gasteiger partial charge is 0.325 e. The second-order valence-electron chi connectivity index (χ2n) is 6.54. The number of anilines is 2. The van der Waals surface area contributed by atoms with Gasteiger partial charge in [-0.1, -0.05) is 25.0 Å². The Bertz CT molecular complexity index is 983. The van der Waals surface area contributed by atoms with Gasteiger partial charge in [0.2, 0.25) is 0 Å². The molecule has 0 atom stereocenters. The Morgan fingerprint density at radius 2 is 1.77 bits per heavy atom. The van der Waals surface area contributed by atoms with E-state index in [-0.39, 0.29) is 17.3 Å². The van der Waals surface area contributed by atoms with E-state index in [1.54, 1.807) is 12.1 Å². The molecule has 3 heterocycles. The number of aromatic nitrogens is 3. The molecule has 1 aliphatic rings. The van der Waals surface area contributed by atoms with Crippen LogP contribution in [0.1, 0.15) is 36.2 Å². The maximum absolute atomic E-state index is 12.7. The lowest BCUT2D eigenvalue weighted by Gasteiger charge is -2.25. The summed E-state index contributed by atoms with van der Waals surface area (Å²) in [5.74, 6) is -0.295. The van der Waals surface area contributed by atoms with Crippen molar-refractivity contribution in [2.24, 2.45) is 0 Å². The zero-order chi connectivity index (χ0) is 17.9. The number of hydrogen-bond donors (Lipinski definition) is 3. The molecule has 26 heavy (non-hydrogen) atoms. The number of nitrogens with one attached hydrogen (secondary N) is 3. The molecule has 0 radical (unpaired) electrons. The minimum Gasteiger partial charge on any atom is -0.370 e. The summed E-state index contributed by atoms with van der Waals surface area (Å²) in [4.78, 5) is 35.8. The molecular weight excluding hydrogens is 330 g/mol. The third kappa shape index (κ3) is 3.33. The third-order valence-corrected chi connectivity index (χ3v) is 4.71. The van der Waals surface area contributed by atoms with E-state index in [1.807, 2.05) is 24.3 Å². The molecule has 4 rings (SSSR count). The number of pyridine rings is 1. The monoisotopic (exact) mass is 351 g/mol. The maximum Gasteiger partial charge on any atom is 0.325 e. The van der Waals surface area contributed by atoms with Crippen LogP contribution in [0, 0.1) is 0 Å². The largest absolute Gasteiger partial charge is 0.370 e. The van der Waals surface area contributed by atoms with Gasteiger partial charge in [-0.2, -0.15) is 0 Å². The van der Waals surface area contributed by atoms with E-state index in [9.17, 15) is 9.59 Å². The van der Waals surface area contributed by atoms with Gasteiger partial charge in [0, 0.05) is 13.1 Å². The molecule has 3 N–H and O–H groups in total. The normalized spacial score (nSPS) is 15.0. The number of imidazole rings is 1. The van der Waals surface area contributed by atoms with Crippen molar-refractivity contribution in [3.63, 3.8) is 0 Å². The second kappa shape index (κ2) is 7.03. The summed E-state index contributed by atoms with van der Waals surface area (Å²) in [6, 6.07) is 11.1. The molecule has 2 aromatic heterocycles. The zero-order valence-electron chi connectivity index (χ0n) is 14.4. The van der Waals surface area contributed by atoms with Crippen molar-refractivity contribution in [2.45, 2.75) is 25.7 Å². The van der Waals surface area contributed by atoms with Crippen LogP contribution < -0.4 is 15.9 Å². The van der Waals surface area contributed by atoms with E-state index < -0.39 is 0 Å². The molecule has 1 aromatic carbocycles. The fourth-order valence-electron chi connectivity index (χ4n) is 3.40. The molecule has 1 fully saturated rings. The first-order chi connectivity index (χ1) is 12.7. The zero-order valence-corrected chi connectivity index (χ0v) is 14.4. The van der Waals surface area contributed by atoms with Gasteiger partial charge >= 0.3 is 5.69 Å². The number of carbonyl (C=O) groups excluding carboxylic acids is 1. The number of aromatic amines is 2. The van der Waals surface area contributed by atoms with Crippen LogP contribution in [0.5, 0.6) is 0 Å². The summed E-state index contributed by atoms with van der Waals surface area (Å²) in [5.41, 5.74) is 2.71. The van der Waals surface area contributed by atoms with Crippen molar-refractivity contribution in [1.29, 1.82) is 0 Å². The van der Waals surface area contributed by atoms with Gasteiger partial charge in [0.25, 0.3) is 5.91 Å². The van der Waals surface area contributed by atoms with Gasteiger partial charge in [-0.15, -0.1) is 0 Å². The van der Waals surface area contributed by atoms with Crippen molar-refractivity contribution < 1.29 is 4.79 Å². The Hall–Kier alpha value is -3.09. The molecule has 0 bridgehead atoms. The Morgan fingerprint density at radius 3 is 2.58 bits per heavy atom. The molecule has 3 aromatic rings. The predicted molar refractivity (Wildman–Crippen MR) is 102 cm³/mol. The van der Waals surface area contributed by atoms with Gasteiger partial charge in [0.1, 0.15) is 5.69 Å². The maximum atomic E-state index is 12.7. The number of H-pyrrole nitrogens is 2. The number of hydrogen-bond acceptors (Lipinski definition) is 4. The van der Waals surface area contributed by atoms with Gasteiger partial charge in [0.15, 0.2) is 5.65 Å². The molecule has 0 saturated carbocycles. The third-order valence-electron chi connectivity index (χ3n) is 4.71. The summed E-state index contributed by atoms with van der Waals surface area (Å²) in [7, 11) is 0. The van der Waals surface area contributed by atoms with Gasteiger partial charge in [0.05, 0.1) is 16.9 Å². The van der Waals surface area contributed by atoms with Crippen molar-refractivity contribution in [1.82, 2.24) is 15.0 Å². The lowest BCUT2D eigenvalue weighted by atomic mass is 10.2. The van der Waals surface area contributed by atoms with Crippen LogP contribution in [0.4, 0.5) is 11.4 Å². The average molecular weight is 351 g/mol. The summed E-state index contributed by atoms with van der Waals surface area (Å²) in [5, 5.41) is 2.97. The minimum absolute atomic E-state index is 0.262. The van der Waals surface area contributed by atoms with Crippen molar-refractivity contribution in [3.05, 3.63) is 52.6 Å². The molecule has 0 spiro atoms. The Labute approximate surface area is 150 Å².